The van der Waals surface area contributed by atoms with Crippen molar-refractivity contribution in [3.8, 4) is 67.5 Å². The number of para-hydroxylation sites is 1. The molecule has 13 aromatic rings. The van der Waals surface area contributed by atoms with Gasteiger partial charge in [-0.2, -0.15) is 0 Å². The van der Waals surface area contributed by atoms with E-state index in [4.69, 9.17) is 23.8 Å². The minimum Gasteiger partial charge on any atom is -0.456 e. The number of hydrogen-bond donors (Lipinski definition) is 0. The molecule has 0 unspecified atom stereocenters. The summed E-state index contributed by atoms with van der Waals surface area (Å²) in [5, 5.41) is 6.43. The third kappa shape index (κ3) is 5.55. The summed E-state index contributed by atoms with van der Waals surface area (Å²) in [6.45, 7) is 4.67. The molecule has 66 heavy (non-hydrogen) atoms. The van der Waals surface area contributed by atoms with Gasteiger partial charge in [0.25, 0.3) is 0 Å². The van der Waals surface area contributed by atoms with E-state index in [0.29, 0.717) is 17.5 Å². The predicted octanol–water partition coefficient (Wildman–Crippen LogP) is 16.7. The molecule has 0 atom stereocenters. The predicted molar refractivity (Wildman–Crippen MR) is 272 cm³/mol. The number of aromatic nitrogens is 3. The lowest BCUT2D eigenvalue weighted by Gasteiger charge is -2.22. The number of rotatable bonds is 5. The minimum atomic E-state index is -0.0509. The maximum absolute atomic E-state index is 6.58. The van der Waals surface area contributed by atoms with E-state index in [0.717, 1.165) is 71.7 Å². The second-order valence-electron chi connectivity index (χ2n) is 17.9. The molecule has 6 heteroatoms. The molecule has 0 saturated carbocycles. The van der Waals surface area contributed by atoms with Crippen molar-refractivity contribution in [1.29, 1.82) is 0 Å². The highest BCUT2D eigenvalue weighted by molar-refractivity contribution is 7.25. The average Bonchev–Trinajstić information content (AvgIpc) is 4.11. The fraction of sp³-hybridized carbons (Fsp3) is 0.0500. The van der Waals surface area contributed by atoms with Crippen molar-refractivity contribution < 1.29 is 8.83 Å². The molecule has 4 heterocycles. The third-order valence-electron chi connectivity index (χ3n) is 13.8. The number of furan rings is 2. The first-order chi connectivity index (χ1) is 32.4. The molecule has 1 aliphatic rings. The number of nitrogens with zero attached hydrogens (tertiary/aromatic N) is 3. The van der Waals surface area contributed by atoms with Gasteiger partial charge in [0.2, 0.25) is 0 Å². The van der Waals surface area contributed by atoms with E-state index in [1.165, 1.54) is 53.6 Å². The second-order valence-corrected chi connectivity index (χ2v) is 19.0. The quantitative estimate of drug-likeness (QED) is 0.172. The van der Waals surface area contributed by atoms with Gasteiger partial charge in [0.05, 0.1) is 0 Å². The van der Waals surface area contributed by atoms with Gasteiger partial charge in [0.1, 0.15) is 22.3 Å². The van der Waals surface area contributed by atoms with Crippen LogP contribution < -0.4 is 0 Å². The Morgan fingerprint density at radius 3 is 1.65 bits per heavy atom. The largest absolute Gasteiger partial charge is 0.456 e. The van der Waals surface area contributed by atoms with Crippen LogP contribution >= 0.6 is 11.3 Å². The summed E-state index contributed by atoms with van der Waals surface area (Å²) < 4.78 is 15.4. The van der Waals surface area contributed by atoms with E-state index in [1.54, 1.807) is 11.3 Å². The lowest BCUT2D eigenvalue weighted by atomic mass is 9.81. The molecule has 9 aromatic carbocycles. The van der Waals surface area contributed by atoms with Crippen molar-refractivity contribution in [3.05, 3.63) is 199 Å². The standard InChI is InChI=1S/C60H37N3O2S/c1-60(2)47-16-6-3-11-39(47)40-28-25-37(32-48(40)60)35-23-21-34(22-24-35)36-27-30-50-46(31-36)56-45(15-10-19-52(56)65-50)59-62-57(38-26-29-42-41-12-5-8-20-53(41)66-54(42)33-38)61-58(63-59)44-14-9-18-51-55(44)43-13-4-7-17-49(43)64-51/h3-33H,1-2H3. The first-order valence-electron chi connectivity index (χ1n) is 22.3. The molecule has 0 amide bonds. The summed E-state index contributed by atoms with van der Waals surface area (Å²) in [5.74, 6) is 1.74. The molecule has 1 aliphatic carbocycles. The summed E-state index contributed by atoms with van der Waals surface area (Å²) >= 11 is 1.79. The van der Waals surface area contributed by atoms with Gasteiger partial charge in [-0.1, -0.05) is 153 Å². The Balaban J connectivity index is 0.906. The van der Waals surface area contributed by atoms with Gasteiger partial charge in [-0.15, -0.1) is 11.3 Å². The third-order valence-corrected chi connectivity index (χ3v) is 14.9. The lowest BCUT2D eigenvalue weighted by molar-refractivity contribution is 0.660. The van der Waals surface area contributed by atoms with Crippen LogP contribution in [0.25, 0.3) is 132 Å². The Kier molecular flexibility index (Phi) is 7.84. The molecule has 0 spiro atoms. The van der Waals surface area contributed by atoms with Crippen molar-refractivity contribution in [3.63, 3.8) is 0 Å². The van der Waals surface area contributed by atoms with Gasteiger partial charge in [0, 0.05) is 63.8 Å². The summed E-state index contributed by atoms with van der Waals surface area (Å²) in [6, 6.07) is 66.6. The number of thiophene rings is 1. The van der Waals surface area contributed by atoms with Crippen molar-refractivity contribution in [2.75, 3.05) is 0 Å². The fourth-order valence-corrected chi connectivity index (χ4v) is 11.6. The SMILES string of the molecule is CC1(C)c2ccccc2-c2ccc(-c3ccc(-c4ccc5oc6cccc(-c7nc(-c8ccc9c(c8)sc8ccccc89)nc(-c8cccc9oc%10ccccc%10c89)n7)c6c5c4)cc3)cc21. The molecule has 310 valence electrons. The summed E-state index contributed by atoms with van der Waals surface area (Å²) in [6.07, 6.45) is 0. The van der Waals surface area contributed by atoms with E-state index < -0.39 is 0 Å². The number of hydrogen-bond acceptors (Lipinski definition) is 6. The van der Waals surface area contributed by atoms with Crippen LogP contribution in [0.5, 0.6) is 0 Å². The van der Waals surface area contributed by atoms with E-state index in [2.05, 4.69) is 159 Å². The van der Waals surface area contributed by atoms with E-state index >= 15 is 0 Å². The molecule has 0 N–H and O–H groups in total. The highest BCUT2D eigenvalue weighted by Gasteiger charge is 2.35. The first kappa shape index (κ1) is 37.2. The molecule has 0 radical (unpaired) electrons. The summed E-state index contributed by atoms with van der Waals surface area (Å²) in [4.78, 5) is 15.9. The lowest BCUT2D eigenvalue weighted by Crippen LogP contribution is -2.14. The second kappa shape index (κ2) is 13.9. The smallest absolute Gasteiger partial charge is 0.164 e. The summed E-state index contributed by atoms with van der Waals surface area (Å²) in [7, 11) is 0. The van der Waals surface area contributed by atoms with Gasteiger partial charge < -0.3 is 8.83 Å². The van der Waals surface area contributed by atoms with Crippen LogP contribution in [0.3, 0.4) is 0 Å². The van der Waals surface area contributed by atoms with Crippen molar-refractivity contribution in [2.45, 2.75) is 19.3 Å². The Labute approximate surface area is 383 Å². The Morgan fingerprint density at radius 1 is 0.348 bits per heavy atom. The molecular formula is C60H37N3O2S. The van der Waals surface area contributed by atoms with Gasteiger partial charge >= 0.3 is 0 Å². The van der Waals surface area contributed by atoms with E-state index in [-0.39, 0.29) is 5.41 Å². The van der Waals surface area contributed by atoms with Crippen molar-refractivity contribution >= 4 is 75.4 Å². The Bertz CT molecular complexity index is 4150. The average molecular weight is 864 g/mol. The maximum atomic E-state index is 6.58. The topological polar surface area (TPSA) is 65.0 Å². The number of benzene rings is 9. The monoisotopic (exact) mass is 863 g/mol. The maximum Gasteiger partial charge on any atom is 0.164 e. The van der Waals surface area contributed by atoms with Crippen LogP contribution in [0.1, 0.15) is 25.0 Å². The minimum absolute atomic E-state index is 0.0509. The zero-order valence-corrected chi connectivity index (χ0v) is 36.8. The van der Waals surface area contributed by atoms with E-state index in [9.17, 15) is 0 Å². The van der Waals surface area contributed by atoms with Crippen LogP contribution in [0.15, 0.2) is 197 Å². The van der Waals surface area contributed by atoms with Crippen LogP contribution in [-0.2, 0) is 5.41 Å². The molecule has 0 fully saturated rings. The van der Waals surface area contributed by atoms with Crippen LogP contribution in [0.2, 0.25) is 0 Å². The van der Waals surface area contributed by atoms with Gasteiger partial charge in [0.15, 0.2) is 17.5 Å². The molecule has 5 nitrogen and oxygen atoms in total. The fourth-order valence-electron chi connectivity index (χ4n) is 10.5. The molecule has 14 rings (SSSR count). The Morgan fingerprint density at radius 2 is 0.879 bits per heavy atom. The number of fused-ring (bicyclic) bond motifs is 12. The van der Waals surface area contributed by atoms with Crippen LogP contribution in [0, 0.1) is 0 Å². The molecule has 0 bridgehead atoms. The zero-order chi connectivity index (χ0) is 43.7. The van der Waals surface area contributed by atoms with Gasteiger partial charge in [-0.25, -0.2) is 15.0 Å². The van der Waals surface area contributed by atoms with Crippen molar-refractivity contribution in [2.24, 2.45) is 0 Å². The Hall–Kier alpha value is -8.19. The van der Waals surface area contributed by atoms with Crippen LogP contribution in [-0.4, -0.2) is 15.0 Å². The molecular weight excluding hydrogens is 827 g/mol. The molecule has 0 saturated heterocycles. The van der Waals surface area contributed by atoms with Crippen LogP contribution in [0.4, 0.5) is 0 Å². The first-order valence-corrected chi connectivity index (χ1v) is 23.1. The zero-order valence-electron chi connectivity index (χ0n) is 36.0. The van der Waals surface area contributed by atoms with Crippen molar-refractivity contribution in [1.82, 2.24) is 15.0 Å². The highest BCUT2D eigenvalue weighted by atomic mass is 32.1. The van der Waals surface area contributed by atoms with E-state index in [1.807, 2.05) is 42.5 Å². The van der Waals surface area contributed by atoms with Gasteiger partial charge in [-0.3, -0.25) is 0 Å². The van der Waals surface area contributed by atoms with Gasteiger partial charge in [-0.05, 0) is 93.0 Å². The molecule has 0 aliphatic heterocycles. The summed E-state index contributed by atoms with van der Waals surface area (Å²) in [5.41, 5.74) is 15.9. The normalized spacial score (nSPS) is 13.1. The highest BCUT2D eigenvalue weighted by Crippen LogP contribution is 2.50. The molecule has 4 aromatic heterocycles.